The minimum Gasteiger partial charge on any atom is -0.469 e. The average molecular weight is 604 g/mol. The van der Waals surface area contributed by atoms with Crippen LogP contribution in [-0.4, -0.2) is 72.0 Å². The van der Waals surface area contributed by atoms with Crippen molar-refractivity contribution in [2.75, 3.05) is 33.2 Å². The summed E-state index contributed by atoms with van der Waals surface area (Å²) in [5.41, 5.74) is 0.794. The van der Waals surface area contributed by atoms with E-state index >= 15 is 0 Å². The van der Waals surface area contributed by atoms with E-state index in [9.17, 15) is 14.4 Å². The van der Waals surface area contributed by atoms with Crippen LogP contribution in [0.1, 0.15) is 42.6 Å². The molecule has 2 aliphatic rings. The molecule has 9 heteroatoms. The van der Waals surface area contributed by atoms with E-state index in [2.05, 4.69) is 39.9 Å². The fourth-order valence-corrected chi connectivity index (χ4v) is 5.12. The summed E-state index contributed by atoms with van der Waals surface area (Å²) in [6.45, 7) is 7.34. The molecule has 0 radical (unpaired) electrons. The first-order chi connectivity index (χ1) is 17.3. The van der Waals surface area contributed by atoms with E-state index in [1.807, 2.05) is 43.0 Å². The minimum atomic E-state index is -0.755. The van der Waals surface area contributed by atoms with Gasteiger partial charge in [-0.25, -0.2) is 9.69 Å². The molecular formula is C27H33IN4O4. The minimum absolute atomic E-state index is 0.00142. The number of benzene rings is 2. The normalized spacial score (nSPS) is 19.6. The lowest BCUT2D eigenvalue weighted by atomic mass is 9.72. The standard InChI is InChI=1S/C27H33IN4O4/c1-4-27(5-2)24(34)32(26(35)29-18-19-6-10-21(28)11-7-19)25(27)36-22-12-8-20(9-13-22)23(33)31-16-14-30(3)15-17-31/h6-13,25H,4-5,14-18H2,1-3H3,(H,29,35). The first-order valence-corrected chi connectivity index (χ1v) is 13.5. The van der Waals surface area contributed by atoms with Crippen LogP contribution in [0.25, 0.3) is 0 Å². The van der Waals surface area contributed by atoms with Crippen molar-refractivity contribution in [2.45, 2.75) is 39.5 Å². The molecule has 2 aliphatic heterocycles. The first kappa shape index (κ1) is 26.4. The van der Waals surface area contributed by atoms with Gasteiger partial charge in [-0.15, -0.1) is 0 Å². The smallest absolute Gasteiger partial charge is 0.327 e. The van der Waals surface area contributed by atoms with Gasteiger partial charge in [-0.05, 0) is 84.4 Å². The monoisotopic (exact) mass is 604 g/mol. The Labute approximate surface area is 226 Å². The van der Waals surface area contributed by atoms with Crippen LogP contribution in [0.15, 0.2) is 48.5 Å². The van der Waals surface area contributed by atoms with E-state index in [0.29, 0.717) is 43.8 Å². The van der Waals surface area contributed by atoms with Gasteiger partial charge in [0.2, 0.25) is 5.91 Å². The summed E-state index contributed by atoms with van der Waals surface area (Å²) in [4.78, 5) is 44.2. The van der Waals surface area contributed by atoms with Crippen molar-refractivity contribution in [3.8, 4) is 5.75 Å². The number of nitrogens with one attached hydrogen (secondary N) is 1. The number of rotatable bonds is 7. The SMILES string of the molecule is CCC1(CC)C(=O)N(C(=O)NCc2ccc(I)cc2)C1Oc1ccc(C(=O)N2CCN(C)CC2)cc1. The number of piperazine rings is 1. The topological polar surface area (TPSA) is 82.2 Å². The first-order valence-electron chi connectivity index (χ1n) is 12.4. The summed E-state index contributed by atoms with van der Waals surface area (Å²) >= 11 is 2.23. The number of ether oxygens (including phenoxy) is 1. The van der Waals surface area contributed by atoms with Gasteiger partial charge in [0, 0.05) is 41.9 Å². The second-order valence-corrected chi connectivity index (χ2v) is 10.7. The number of halogens is 1. The van der Waals surface area contributed by atoms with E-state index < -0.39 is 17.7 Å². The van der Waals surface area contributed by atoms with Gasteiger partial charge in [0.1, 0.15) is 11.2 Å². The molecule has 36 heavy (non-hydrogen) atoms. The summed E-state index contributed by atoms with van der Waals surface area (Å²) in [7, 11) is 2.05. The fourth-order valence-electron chi connectivity index (χ4n) is 4.76. The predicted molar refractivity (Wildman–Crippen MR) is 146 cm³/mol. The molecule has 1 atom stereocenters. The Bertz CT molecular complexity index is 1090. The number of hydrogen-bond acceptors (Lipinski definition) is 5. The van der Waals surface area contributed by atoms with Gasteiger partial charge in [0.25, 0.3) is 5.91 Å². The zero-order valence-corrected chi connectivity index (χ0v) is 23.2. The number of amides is 4. The molecule has 4 rings (SSSR count). The molecule has 4 amide bonds. The van der Waals surface area contributed by atoms with E-state index in [4.69, 9.17) is 4.74 Å². The Morgan fingerprint density at radius 2 is 1.61 bits per heavy atom. The van der Waals surface area contributed by atoms with Gasteiger partial charge < -0.3 is 19.9 Å². The maximum atomic E-state index is 13.1. The van der Waals surface area contributed by atoms with Crippen LogP contribution in [-0.2, 0) is 11.3 Å². The van der Waals surface area contributed by atoms with Gasteiger partial charge in [-0.2, -0.15) is 0 Å². The largest absolute Gasteiger partial charge is 0.469 e. The number of carbonyl (C=O) groups is 3. The molecule has 1 unspecified atom stereocenters. The number of hydrogen-bond donors (Lipinski definition) is 1. The van der Waals surface area contributed by atoms with E-state index in [1.165, 1.54) is 4.90 Å². The third kappa shape index (κ3) is 5.22. The molecule has 0 aromatic heterocycles. The zero-order valence-electron chi connectivity index (χ0n) is 21.0. The molecule has 0 aliphatic carbocycles. The Hall–Kier alpha value is -2.66. The Morgan fingerprint density at radius 1 is 1.00 bits per heavy atom. The van der Waals surface area contributed by atoms with Crippen LogP contribution in [0.4, 0.5) is 4.79 Å². The lowest BCUT2D eigenvalue weighted by Gasteiger charge is -2.53. The van der Waals surface area contributed by atoms with Crippen LogP contribution < -0.4 is 10.1 Å². The average Bonchev–Trinajstić information content (AvgIpc) is 2.89. The molecule has 2 heterocycles. The highest BCUT2D eigenvalue weighted by atomic mass is 127. The van der Waals surface area contributed by atoms with Crippen molar-refractivity contribution >= 4 is 40.4 Å². The number of carbonyl (C=O) groups excluding carboxylic acids is 3. The van der Waals surface area contributed by atoms with Gasteiger partial charge in [0.05, 0.1) is 0 Å². The maximum Gasteiger partial charge on any atom is 0.327 e. The van der Waals surface area contributed by atoms with Crippen molar-refractivity contribution in [3.63, 3.8) is 0 Å². The highest BCUT2D eigenvalue weighted by Crippen LogP contribution is 2.46. The number of nitrogens with zero attached hydrogens (tertiary/aromatic N) is 3. The quantitative estimate of drug-likeness (QED) is 0.383. The Kier molecular flexibility index (Phi) is 8.19. The summed E-state index contributed by atoms with van der Waals surface area (Å²) in [6.07, 6.45) is 0.415. The van der Waals surface area contributed by atoms with Crippen LogP contribution in [0.3, 0.4) is 0 Å². The van der Waals surface area contributed by atoms with Crippen LogP contribution in [0.5, 0.6) is 5.75 Å². The highest BCUT2D eigenvalue weighted by molar-refractivity contribution is 14.1. The predicted octanol–water partition coefficient (Wildman–Crippen LogP) is 3.94. The van der Waals surface area contributed by atoms with Crippen LogP contribution >= 0.6 is 22.6 Å². The Balaban J connectivity index is 1.44. The summed E-state index contributed by atoms with van der Waals surface area (Å²) < 4.78 is 7.34. The van der Waals surface area contributed by atoms with Crippen molar-refractivity contribution < 1.29 is 19.1 Å². The van der Waals surface area contributed by atoms with Gasteiger partial charge in [-0.3, -0.25) is 9.59 Å². The molecule has 0 bridgehead atoms. The fraction of sp³-hybridized carbons (Fsp3) is 0.444. The van der Waals surface area contributed by atoms with E-state index in [1.54, 1.807) is 24.3 Å². The molecule has 2 aromatic rings. The lowest BCUT2D eigenvalue weighted by Crippen LogP contribution is -2.73. The number of likely N-dealkylation sites (tertiary alicyclic amines) is 1. The molecule has 0 saturated carbocycles. The third-order valence-electron chi connectivity index (χ3n) is 7.33. The third-order valence-corrected chi connectivity index (χ3v) is 8.05. The van der Waals surface area contributed by atoms with Crippen LogP contribution in [0, 0.1) is 8.99 Å². The van der Waals surface area contributed by atoms with Gasteiger partial charge in [-0.1, -0.05) is 26.0 Å². The number of β-lactam (4-membered cyclic amide) rings is 1. The van der Waals surface area contributed by atoms with Crippen LogP contribution in [0.2, 0.25) is 0 Å². The van der Waals surface area contributed by atoms with Gasteiger partial charge in [0.15, 0.2) is 6.23 Å². The number of likely N-dealkylation sites (N-methyl/N-ethyl adjacent to an activating group) is 1. The second kappa shape index (κ2) is 11.2. The molecule has 192 valence electrons. The molecule has 2 fully saturated rings. The van der Waals surface area contributed by atoms with E-state index in [-0.39, 0.29) is 11.8 Å². The van der Waals surface area contributed by atoms with Crippen molar-refractivity contribution in [2.24, 2.45) is 5.41 Å². The lowest BCUT2D eigenvalue weighted by molar-refractivity contribution is -0.190. The molecule has 8 nitrogen and oxygen atoms in total. The molecule has 2 aromatic carbocycles. The zero-order chi connectivity index (χ0) is 25.9. The summed E-state index contributed by atoms with van der Waals surface area (Å²) in [5, 5.41) is 2.85. The summed E-state index contributed by atoms with van der Waals surface area (Å²) in [6, 6.07) is 14.3. The molecule has 0 spiro atoms. The molecular weight excluding hydrogens is 571 g/mol. The molecule has 2 saturated heterocycles. The number of imide groups is 1. The van der Waals surface area contributed by atoms with E-state index in [0.717, 1.165) is 22.2 Å². The van der Waals surface area contributed by atoms with Crippen molar-refractivity contribution in [1.82, 2.24) is 20.0 Å². The van der Waals surface area contributed by atoms with Gasteiger partial charge >= 0.3 is 6.03 Å². The van der Waals surface area contributed by atoms with Crippen molar-refractivity contribution in [3.05, 3.63) is 63.2 Å². The highest BCUT2D eigenvalue weighted by Gasteiger charge is 2.62. The van der Waals surface area contributed by atoms with Crippen molar-refractivity contribution in [1.29, 1.82) is 0 Å². The number of urea groups is 1. The maximum absolute atomic E-state index is 13.1. The second-order valence-electron chi connectivity index (χ2n) is 9.41. The Morgan fingerprint density at radius 3 is 2.19 bits per heavy atom. The molecule has 1 N–H and O–H groups in total. The summed E-state index contributed by atoms with van der Waals surface area (Å²) in [5.74, 6) is 0.296.